The van der Waals surface area contributed by atoms with Crippen LogP contribution in [0.2, 0.25) is 0 Å². The summed E-state index contributed by atoms with van der Waals surface area (Å²) in [5, 5.41) is 25.7. The molecule has 0 unspecified atom stereocenters. The lowest BCUT2D eigenvalue weighted by atomic mass is 9.78. The van der Waals surface area contributed by atoms with E-state index < -0.39 is 5.41 Å². The molecule has 4 aromatic heterocycles. The van der Waals surface area contributed by atoms with Gasteiger partial charge in [-0.05, 0) is 43.9 Å². The van der Waals surface area contributed by atoms with E-state index in [0.29, 0.717) is 50.6 Å². The molecular formula is C26H33N7O3. The molecule has 1 aliphatic heterocycles. The highest BCUT2D eigenvalue weighted by Crippen LogP contribution is 2.35. The molecule has 1 aliphatic rings. The zero-order chi connectivity index (χ0) is 25.3. The number of carbonyl (C=O) groups excluding carboxylic acids is 1. The van der Waals surface area contributed by atoms with Crippen LogP contribution in [0, 0.1) is 11.3 Å². The molecule has 0 aromatic carbocycles. The number of nitrogens with one attached hydrogen (secondary N) is 2. The van der Waals surface area contributed by atoms with Crippen LogP contribution in [0.3, 0.4) is 0 Å². The predicted octanol–water partition coefficient (Wildman–Crippen LogP) is 3.02. The average molecular weight is 492 g/mol. The number of hydrogen-bond donors (Lipinski definition) is 3. The van der Waals surface area contributed by atoms with Crippen molar-refractivity contribution in [2.75, 3.05) is 37.7 Å². The van der Waals surface area contributed by atoms with Crippen LogP contribution in [-0.2, 0) is 4.79 Å². The summed E-state index contributed by atoms with van der Waals surface area (Å²) in [6.07, 6.45) is 6.69. The summed E-state index contributed by atoms with van der Waals surface area (Å²) in [5.74, 6) is 1.91. The van der Waals surface area contributed by atoms with Gasteiger partial charge in [0.25, 0.3) is 0 Å². The van der Waals surface area contributed by atoms with E-state index in [-0.39, 0.29) is 12.5 Å². The summed E-state index contributed by atoms with van der Waals surface area (Å²) < 4.78 is 7.60. The molecule has 0 saturated carbocycles. The molecule has 0 spiro atoms. The van der Waals surface area contributed by atoms with Crippen LogP contribution in [0.25, 0.3) is 27.7 Å². The Labute approximate surface area is 209 Å². The number of nitrogens with zero attached hydrogens (tertiary/aromatic N) is 5. The minimum Gasteiger partial charge on any atom is -0.492 e. The first kappa shape index (κ1) is 24.1. The fourth-order valence-corrected chi connectivity index (χ4v) is 4.84. The first-order valence-corrected chi connectivity index (χ1v) is 12.5. The number of carbonyl (C=O) groups is 1. The molecule has 190 valence electrons. The number of ether oxygens (including phenoxy) is 1. The van der Waals surface area contributed by atoms with Crippen LogP contribution in [0.15, 0.2) is 36.8 Å². The van der Waals surface area contributed by atoms with E-state index in [0.717, 1.165) is 33.6 Å². The molecule has 0 atom stereocenters. The van der Waals surface area contributed by atoms with Crippen molar-refractivity contribution in [3.05, 3.63) is 36.8 Å². The molecular weight excluding hydrogens is 458 g/mol. The number of fused-ring (bicyclic) bond motifs is 3. The summed E-state index contributed by atoms with van der Waals surface area (Å²) in [5.41, 5.74) is 2.84. The largest absolute Gasteiger partial charge is 0.492 e. The lowest BCUT2D eigenvalue weighted by Gasteiger charge is -2.40. The van der Waals surface area contributed by atoms with Crippen LogP contribution < -0.4 is 15.0 Å². The molecule has 1 saturated heterocycles. The zero-order valence-electron chi connectivity index (χ0n) is 21.0. The molecule has 1 fully saturated rings. The van der Waals surface area contributed by atoms with Gasteiger partial charge < -0.3 is 20.1 Å². The lowest BCUT2D eigenvalue weighted by molar-refractivity contribution is -0.135. The molecule has 4 aromatic rings. The number of anilines is 1. The number of pyridine rings is 2. The number of aromatic amines is 1. The average Bonchev–Trinajstić information content (AvgIpc) is 3.48. The van der Waals surface area contributed by atoms with Gasteiger partial charge in [0, 0.05) is 37.0 Å². The van der Waals surface area contributed by atoms with Crippen molar-refractivity contribution < 1.29 is 14.6 Å². The fraction of sp³-hybridized carbons (Fsp3) is 0.462. The number of piperidine rings is 1. The van der Waals surface area contributed by atoms with Crippen molar-refractivity contribution in [1.82, 2.24) is 30.1 Å². The number of rotatable bonds is 8. The fourth-order valence-electron chi connectivity index (χ4n) is 4.84. The van der Waals surface area contributed by atoms with Gasteiger partial charge >= 0.3 is 0 Å². The van der Waals surface area contributed by atoms with E-state index in [9.17, 15) is 9.90 Å². The summed E-state index contributed by atoms with van der Waals surface area (Å²) in [4.78, 5) is 19.7. The highest BCUT2D eigenvalue weighted by Gasteiger charge is 2.41. The molecule has 10 nitrogen and oxygen atoms in total. The summed E-state index contributed by atoms with van der Waals surface area (Å²) in [6, 6.07) is 6.07. The maximum absolute atomic E-state index is 12.8. The van der Waals surface area contributed by atoms with Crippen LogP contribution in [0.4, 0.5) is 5.82 Å². The minimum absolute atomic E-state index is 0.0498. The minimum atomic E-state index is -0.728. The molecule has 1 amide bonds. The van der Waals surface area contributed by atoms with Gasteiger partial charge in [-0.25, -0.2) is 9.50 Å². The topological polar surface area (TPSA) is 121 Å². The number of aliphatic hydroxyl groups excluding tert-OH is 1. The number of aliphatic hydroxyl groups is 1. The Bertz CT molecular complexity index is 1350. The Morgan fingerprint density at radius 3 is 2.75 bits per heavy atom. The van der Waals surface area contributed by atoms with Crippen molar-refractivity contribution in [3.8, 4) is 16.9 Å². The Kier molecular flexibility index (Phi) is 6.53. The molecule has 0 radical (unpaired) electrons. The molecule has 0 aliphatic carbocycles. The summed E-state index contributed by atoms with van der Waals surface area (Å²) in [6.45, 7) is 8.43. The van der Waals surface area contributed by atoms with Crippen molar-refractivity contribution in [1.29, 1.82) is 0 Å². The Hall–Kier alpha value is -3.66. The third kappa shape index (κ3) is 4.37. The van der Waals surface area contributed by atoms with Gasteiger partial charge in [0.2, 0.25) is 5.91 Å². The van der Waals surface area contributed by atoms with Crippen molar-refractivity contribution >= 4 is 28.3 Å². The van der Waals surface area contributed by atoms with E-state index in [1.165, 1.54) is 0 Å². The van der Waals surface area contributed by atoms with E-state index in [1.54, 1.807) is 6.20 Å². The van der Waals surface area contributed by atoms with Crippen molar-refractivity contribution in [2.24, 2.45) is 11.3 Å². The third-order valence-corrected chi connectivity index (χ3v) is 6.97. The molecule has 3 N–H and O–H groups in total. The molecule has 10 heteroatoms. The lowest BCUT2D eigenvalue weighted by Crippen LogP contribution is -2.51. The summed E-state index contributed by atoms with van der Waals surface area (Å²) in [7, 11) is 0. The van der Waals surface area contributed by atoms with Crippen LogP contribution in [-0.4, -0.2) is 68.7 Å². The Morgan fingerprint density at radius 1 is 1.28 bits per heavy atom. The smallest absolute Gasteiger partial charge is 0.228 e. The second-order valence-corrected chi connectivity index (χ2v) is 9.88. The predicted molar refractivity (Wildman–Crippen MR) is 138 cm³/mol. The van der Waals surface area contributed by atoms with Gasteiger partial charge in [0.15, 0.2) is 5.65 Å². The first-order valence-electron chi connectivity index (χ1n) is 12.5. The SMILES string of the molecule is CCOc1cc(-c2ccc(N3CCC(CO)(C(=O)NCC(C)C)CC3)nc2)c2c3cn[nH]c3nn2c1. The second-order valence-electron chi connectivity index (χ2n) is 9.88. The van der Waals surface area contributed by atoms with Crippen LogP contribution in [0.5, 0.6) is 5.75 Å². The molecule has 36 heavy (non-hydrogen) atoms. The quantitative estimate of drug-likeness (QED) is 0.346. The van der Waals surface area contributed by atoms with Crippen molar-refractivity contribution in [2.45, 2.75) is 33.6 Å². The maximum atomic E-state index is 12.8. The summed E-state index contributed by atoms with van der Waals surface area (Å²) >= 11 is 0. The first-order chi connectivity index (χ1) is 17.4. The van der Waals surface area contributed by atoms with Crippen molar-refractivity contribution in [3.63, 3.8) is 0 Å². The molecule has 5 heterocycles. The number of aromatic nitrogens is 5. The maximum Gasteiger partial charge on any atom is 0.228 e. The van der Waals surface area contributed by atoms with E-state index in [2.05, 4.69) is 45.4 Å². The standard InChI is InChI=1S/C26H33N7O3/c1-4-36-19-11-20(23-21-14-29-30-24(21)31-33(23)15-19)18-5-6-22(27-13-18)32-9-7-26(16-34,8-10-32)25(35)28-12-17(2)3/h5-6,11,13-15,17,34H,4,7-10,12,16H2,1-3H3,(H,28,35)(H,30,31). The highest BCUT2D eigenvalue weighted by molar-refractivity contribution is 6.00. The monoisotopic (exact) mass is 491 g/mol. The Morgan fingerprint density at radius 2 is 2.08 bits per heavy atom. The van der Waals surface area contributed by atoms with Gasteiger partial charge in [-0.3, -0.25) is 9.89 Å². The van der Waals surface area contributed by atoms with Gasteiger partial charge in [0.05, 0.1) is 41.9 Å². The van der Waals surface area contributed by atoms with Gasteiger partial charge in [-0.1, -0.05) is 13.8 Å². The highest BCUT2D eigenvalue weighted by atomic mass is 16.5. The third-order valence-electron chi connectivity index (χ3n) is 6.97. The molecule has 5 rings (SSSR count). The number of amides is 1. The van der Waals surface area contributed by atoms with Gasteiger partial charge in [-0.2, -0.15) is 5.10 Å². The van der Waals surface area contributed by atoms with Gasteiger partial charge in [-0.15, -0.1) is 5.10 Å². The Balaban J connectivity index is 1.37. The molecule has 0 bridgehead atoms. The van der Waals surface area contributed by atoms with E-state index >= 15 is 0 Å². The van der Waals surface area contributed by atoms with E-state index in [1.807, 2.05) is 36.0 Å². The van der Waals surface area contributed by atoms with Gasteiger partial charge in [0.1, 0.15) is 11.6 Å². The number of hydrogen-bond acceptors (Lipinski definition) is 7. The normalized spacial score (nSPS) is 15.6. The number of H-pyrrole nitrogens is 1. The second kappa shape index (κ2) is 9.77. The zero-order valence-corrected chi connectivity index (χ0v) is 21.0. The van der Waals surface area contributed by atoms with Crippen LogP contribution in [0.1, 0.15) is 33.6 Å². The van der Waals surface area contributed by atoms with Crippen LogP contribution >= 0.6 is 0 Å². The van der Waals surface area contributed by atoms with E-state index in [4.69, 9.17) is 9.72 Å².